The second kappa shape index (κ2) is 6.96. The van der Waals surface area contributed by atoms with Gasteiger partial charge in [0.15, 0.2) is 0 Å². The summed E-state index contributed by atoms with van der Waals surface area (Å²) in [6.07, 6.45) is 0.973. The van der Waals surface area contributed by atoms with Gasteiger partial charge in [-0.1, -0.05) is 19.1 Å². The van der Waals surface area contributed by atoms with Crippen LogP contribution in [0.5, 0.6) is 5.75 Å². The predicted molar refractivity (Wildman–Crippen MR) is 82.4 cm³/mol. The summed E-state index contributed by atoms with van der Waals surface area (Å²) < 4.78 is 5.68. The van der Waals surface area contributed by atoms with Crippen LogP contribution in [0.15, 0.2) is 35.7 Å². The van der Waals surface area contributed by atoms with E-state index in [2.05, 4.69) is 12.2 Å². The Bertz CT molecular complexity index is 581. The molecule has 0 saturated heterocycles. The van der Waals surface area contributed by atoms with Gasteiger partial charge in [0, 0.05) is 16.8 Å². The first-order valence-electron chi connectivity index (χ1n) is 6.53. The lowest BCUT2D eigenvalue weighted by Crippen LogP contribution is -2.09. The van der Waals surface area contributed by atoms with E-state index in [1.54, 1.807) is 5.38 Å². The third kappa shape index (κ3) is 3.74. The number of benzene rings is 1. The number of nitrogens with two attached hydrogens (primary N) is 1. The number of hydrogen-bond acceptors (Lipinski definition) is 4. The molecule has 0 saturated carbocycles. The van der Waals surface area contributed by atoms with Gasteiger partial charge in [-0.3, -0.25) is 4.79 Å². The molecule has 1 amide bonds. The number of ether oxygens (including phenoxy) is 1. The van der Waals surface area contributed by atoms with E-state index in [4.69, 9.17) is 10.5 Å². The van der Waals surface area contributed by atoms with Gasteiger partial charge >= 0.3 is 0 Å². The van der Waals surface area contributed by atoms with Gasteiger partial charge in [0.2, 0.25) is 5.91 Å². The maximum atomic E-state index is 11.0. The summed E-state index contributed by atoms with van der Waals surface area (Å²) in [5.74, 6) is 0.459. The maximum absolute atomic E-state index is 11.0. The highest BCUT2D eigenvalue weighted by Crippen LogP contribution is 2.25. The Morgan fingerprint density at radius 3 is 2.90 bits per heavy atom. The van der Waals surface area contributed by atoms with E-state index in [0.717, 1.165) is 22.7 Å². The van der Waals surface area contributed by atoms with Crippen molar-refractivity contribution < 1.29 is 9.53 Å². The highest BCUT2D eigenvalue weighted by molar-refractivity contribution is 7.10. The lowest BCUT2D eigenvalue weighted by molar-refractivity contribution is 0.100. The minimum Gasteiger partial charge on any atom is -0.491 e. The summed E-state index contributed by atoms with van der Waals surface area (Å²) in [6, 6.07) is 9.65. The molecule has 0 atom stereocenters. The van der Waals surface area contributed by atoms with Gasteiger partial charge in [-0.2, -0.15) is 0 Å². The molecule has 3 N–H and O–H groups in total. The van der Waals surface area contributed by atoms with Crippen molar-refractivity contribution in [2.75, 3.05) is 11.9 Å². The number of thiophene rings is 1. The number of carbonyl (C=O) groups is 1. The predicted octanol–water partition coefficient (Wildman–Crippen LogP) is 3.25. The first-order valence-corrected chi connectivity index (χ1v) is 7.41. The normalized spacial score (nSPS) is 10.2. The van der Waals surface area contributed by atoms with Crippen molar-refractivity contribution in [1.29, 1.82) is 0 Å². The zero-order chi connectivity index (χ0) is 14.4. The van der Waals surface area contributed by atoms with Crippen LogP contribution in [0.25, 0.3) is 0 Å². The molecule has 5 heteroatoms. The minimum atomic E-state index is -0.390. The summed E-state index contributed by atoms with van der Waals surface area (Å²) >= 11 is 1.52. The van der Waals surface area contributed by atoms with E-state index in [0.29, 0.717) is 18.7 Å². The van der Waals surface area contributed by atoms with Gasteiger partial charge in [-0.15, -0.1) is 11.3 Å². The Morgan fingerprint density at radius 2 is 2.20 bits per heavy atom. The molecule has 1 aromatic heterocycles. The lowest BCUT2D eigenvalue weighted by atomic mass is 10.2. The quantitative estimate of drug-likeness (QED) is 0.822. The highest BCUT2D eigenvalue weighted by Gasteiger charge is 2.06. The largest absolute Gasteiger partial charge is 0.491 e. The van der Waals surface area contributed by atoms with E-state index < -0.39 is 0 Å². The third-order valence-corrected chi connectivity index (χ3v) is 3.68. The molecule has 0 radical (unpaired) electrons. The fourth-order valence-corrected chi connectivity index (χ4v) is 2.55. The molecule has 1 heterocycles. The van der Waals surface area contributed by atoms with Crippen LogP contribution < -0.4 is 15.8 Å². The zero-order valence-corrected chi connectivity index (χ0v) is 12.2. The van der Waals surface area contributed by atoms with E-state index in [1.807, 2.05) is 30.3 Å². The fourth-order valence-electron chi connectivity index (χ4n) is 1.74. The molecule has 0 unspecified atom stereocenters. The van der Waals surface area contributed by atoms with Crippen molar-refractivity contribution in [3.63, 3.8) is 0 Å². The number of amides is 1. The standard InChI is InChI=1S/C15H18N2O2S/c1-2-7-19-14-6-4-3-5-13(14)17-9-12-8-11(10-20-12)15(16)18/h3-6,8,10,17H,2,7,9H2,1H3,(H2,16,18). The molecule has 0 spiro atoms. The molecule has 4 nitrogen and oxygen atoms in total. The second-order valence-corrected chi connectivity index (χ2v) is 5.36. The van der Waals surface area contributed by atoms with Crippen molar-refractivity contribution in [2.24, 2.45) is 5.73 Å². The Morgan fingerprint density at radius 1 is 1.40 bits per heavy atom. The Labute approximate surface area is 122 Å². The molecular formula is C15H18N2O2S. The van der Waals surface area contributed by atoms with Crippen LogP contribution >= 0.6 is 11.3 Å². The summed E-state index contributed by atoms with van der Waals surface area (Å²) in [5.41, 5.74) is 6.75. The molecule has 106 valence electrons. The summed E-state index contributed by atoms with van der Waals surface area (Å²) in [5, 5.41) is 5.10. The fraction of sp³-hybridized carbons (Fsp3) is 0.267. The molecule has 0 fully saturated rings. The summed E-state index contributed by atoms with van der Waals surface area (Å²) in [6.45, 7) is 3.42. The first kappa shape index (κ1) is 14.4. The zero-order valence-electron chi connectivity index (χ0n) is 11.4. The first-order chi connectivity index (χ1) is 9.70. The van der Waals surface area contributed by atoms with Crippen LogP contribution in [0.4, 0.5) is 5.69 Å². The number of nitrogens with one attached hydrogen (secondary N) is 1. The molecule has 0 aliphatic heterocycles. The number of carbonyl (C=O) groups excluding carboxylic acids is 1. The number of para-hydroxylation sites is 2. The van der Waals surface area contributed by atoms with Crippen molar-refractivity contribution >= 4 is 22.9 Å². The average molecular weight is 290 g/mol. The number of primary amides is 1. The van der Waals surface area contributed by atoms with Crippen LogP contribution in [-0.4, -0.2) is 12.5 Å². The highest BCUT2D eigenvalue weighted by atomic mass is 32.1. The Hall–Kier alpha value is -2.01. The topological polar surface area (TPSA) is 64.3 Å². The molecule has 1 aromatic carbocycles. The molecule has 2 rings (SSSR count). The van der Waals surface area contributed by atoms with E-state index in [9.17, 15) is 4.79 Å². The molecule has 2 aromatic rings. The van der Waals surface area contributed by atoms with Crippen LogP contribution in [0.3, 0.4) is 0 Å². The molecule has 20 heavy (non-hydrogen) atoms. The summed E-state index contributed by atoms with van der Waals surface area (Å²) in [4.78, 5) is 12.1. The van der Waals surface area contributed by atoms with Gasteiger partial charge in [-0.25, -0.2) is 0 Å². The molecular weight excluding hydrogens is 272 g/mol. The molecule has 0 aliphatic carbocycles. The molecule has 0 bridgehead atoms. The maximum Gasteiger partial charge on any atom is 0.249 e. The lowest BCUT2D eigenvalue weighted by Gasteiger charge is -2.12. The van der Waals surface area contributed by atoms with E-state index in [1.165, 1.54) is 11.3 Å². The third-order valence-electron chi connectivity index (χ3n) is 2.74. The van der Waals surface area contributed by atoms with Crippen molar-refractivity contribution in [2.45, 2.75) is 19.9 Å². The van der Waals surface area contributed by atoms with Gasteiger partial charge in [-0.05, 0) is 24.6 Å². The number of hydrogen-bond donors (Lipinski definition) is 2. The summed E-state index contributed by atoms with van der Waals surface area (Å²) in [7, 11) is 0. The number of rotatable bonds is 7. The Kier molecular flexibility index (Phi) is 5.01. The average Bonchev–Trinajstić information content (AvgIpc) is 2.93. The van der Waals surface area contributed by atoms with Crippen LogP contribution in [0, 0.1) is 0 Å². The van der Waals surface area contributed by atoms with Gasteiger partial charge in [0.1, 0.15) is 5.75 Å². The van der Waals surface area contributed by atoms with Crippen LogP contribution in [-0.2, 0) is 6.54 Å². The second-order valence-electron chi connectivity index (χ2n) is 4.36. The van der Waals surface area contributed by atoms with Crippen LogP contribution in [0.2, 0.25) is 0 Å². The van der Waals surface area contributed by atoms with Gasteiger partial charge in [0.25, 0.3) is 0 Å². The van der Waals surface area contributed by atoms with Gasteiger partial charge in [0.05, 0.1) is 17.9 Å². The van der Waals surface area contributed by atoms with Crippen LogP contribution in [0.1, 0.15) is 28.6 Å². The number of anilines is 1. The monoisotopic (exact) mass is 290 g/mol. The molecule has 0 aliphatic rings. The van der Waals surface area contributed by atoms with Gasteiger partial charge < -0.3 is 15.8 Å². The minimum absolute atomic E-state index is 0.390. The smallest absolute Gasteiger partial charge is 0.249 e. The Balaban J connectivity index is 2.00. The SMILES string of the molecule is CCCOc1ccccc1NCc1cc(C(N)=O)cs1. The van der Waals surface area contributed by atoms with E-state index >= 15 is 0 Å². The van der Waals surface area contributed by atoms with Crippen molar-refractivity contribution in [3.05, 3.63) is 46.2 Å². The van der Waals surface area contributed by atoms with Crippen molar-refractivity contribution in [3.8, 4) is 5.75 Å². The van der Waals surface area contributed by atoms with Crippen molar-refractivity contribution in [1.82, 2.24) is 0 Å². The van der Waals surface area contributed by atoms with E-state index in [-0.39, 0.29) is 5.91 Å².